The summed E-state index contributed by atoms with van der Waals surface area (Å²) in [5, 5.41) is 3.38. The SMILES string of the molecule is CCCN(c1ncnc2c1CCCCC2)C1CNC1. The number of rotatable bonds is 4. The highest BCUT2D eigenvalue weighted by molar-refractivity contribution is 5.50. The molecule has 104 valence electrons. The summed E-state index contributed by atoms with van der Waals surface area (Å²) in [5.41, 5.74) is 2.73. The molecular weight excluding hydrogens is 236 g/mol. The van der Waals surface area contributed by atoms with Gasteiger partial charge in [0.05, 0.1) is 6.04 Å². The van der Waals surface area contributed by atoms with Gasteiger partial charge in [-0.15, -0.1) is 0 Å². The van der Waals surface area contributed by atoms with E-state index in [0.29, 0.717) is 6.04 Å². The summed E-state index contributed by atoms with van der Waals surface area (Å²) in [6.45, 7) is 5.55. The van der Waals surface area contributed by atoms with Crippen LogP contribution in [0.3, 0.4) is 0 Å². The van der Waals surface area contributed by atoms with Crippen LogP contribution in [0.1, 0.15) is 43.9 Å². The minimum atomic E-state index is 0.627. The van der Waals surface area contributed by atoms with Gasteiger partial charge < -0.3 is 10.2 Å². The third-order valence-electron chi connectivity index (χ3n) is 4.29. The van der Waals surface area contributed by atoms with Crippen molar-refractivity contribution >= 4 is 5.82 Å². The number of anilines is 1. The second-order valence-electron chi connectivity index (χ2n) is 5.69. The van der Waals surface area contributed by atoms with Crippen LogP contribution < -0.4 is 10.2 Å². The molecule has 0 atom stereocenters. The van der Waals surface area contributed by atoms with Crippen LogP contribution in [0, 0.1) is 0 Å². The van der Waals surface area contributed by atoms with Crippen LogP contribution >= 0.6 is 0 Å². The molecule has 0 amide bonds. The van der Waals surface area contributed by atoms with Gasteiger partial charge in [-0.05, 0) is 32.1 Å². The van der Waals surface area contributed by atoms with Gasteiger partial charge in [0.2, 0.25) is 0 Å². The molecule has 1 aromatic rings. The Kier molecular flexibility index (Phi) is 3.97. The highest BCUT2D eigenvalue weighted by Gasteiger charge is 2.28. The maximum atomic E-state index is 4.64. The fourth-order valence-corrected chi connectivity index (χ4v) is 3.12. The molecule has 4 heteroatoms. The third kappa shape index (κ3) is 2.59. The Hall–Kier alpha value is -1.16. The largest absolute Gasteiger partial charge is 0.351 e. The van der Waals surface area contributed by atoms with Gasteiger partial charge in [0, 0.05) is 30.9 Å². The van der Waals surface area contributed by atoms with Crippen molar-refractivity contribution in [2.75, 3.05) is 24.5 Å². The van der Waals surface area contributed by atoms with E-state index in [1.54, 1.807) is 6.33 Å². The molecule has 4 nitrogen and oxygen atoms in total. The smallest absolute Gasteiger partial charge is 0.135 e. The van der Waals surface area contributed by atoms with E-state index >= 15 is 0 Å². The second-order valence-corrected chi connectivity index (χ2v) is 5.69. The maximum absolute atomic E-state index is 4.64. The molecule has 1 aliphatic heterocycles. The zero-order valence-corrected chi connectivity index (χ0v) is 11.9. The molecule has 1 aromatic heterocycles. The van der Waals surface area contributed by atoms with Gasteiger partial charge in [-0.2, -0.15) is 0 Å². The van der Waals surface area contributed by atoms with Gasteiger partial charge in [0.25, 0.3) is 0 Å². The van der Waals surface area contributed by atoms with Crippen molar-refractivity contribution in [3.63, 3.8) is 0 Å². The lowest BCUT2D eigenvalue weighted by Gasteiger charge is -2.40. The van der Waals surface area contributed by atoms with E-state index < -0.39 is 0 Å². The molecule has 1 fully saturated rings. The van der Waals surface area contributed by atoms with Gasteiger partial charge >= 0.3 is 0 Å². The molecule has 0 aromatic carbocycles. The number of hydrogen-bond donors (Lipinski definition) is 1. The summed E-state index contributed by atoms with van der Waals surface area (Å²) >= 11 is 0. The Balaban J connectivity index is 1.93. The summed E-state index contributed by atoms with van der Waals surface area (Å²) in [5.74, 6) is 1.22. The Morgan fingerprint density at radius 2 is 2.05 bits per heavy atom. The lowest BCUT2D eigenvalue weighted by Crippen LogP contribution is -2.58. The van der Waals surface area contributed by atoms with Crippen molar-refractivity contribution in [3.05, 3.63) is 17.6 Å². The number of nitrogens with one attached hydrogen (secondary N) is 1. The van der Waals surface area contributed by atoms with E-state index in [1.807, 2.05) is 0 Å². The van der Waals surface area contributed by atoms with Crippen molar-refractivity contribution in [2.45, 2.75) is 51.5 Å². The van der Waals surface area contributed by atoms with E-state index in [1.165, 1.54) is 42.8 Å². The Labute approximate surface area is 115 Å². The molecule has 0 spiro atoms. The van der Waals surface area contributed by atoms with E-state index in [9.17, 15) is 0 Å². The zero-order valence-electron chi connectivity index (χ0n) is 11.9. The summed E-state index contributed by atoms with van der Waals surface area (Å²) in [4.78, 5) is 11.7. The molecule has 0 unspecified atom stereocenters. The molecular formula is C15H24N4. The predicted molar refractivity (Wildman–Crippen MR) is 77.6 cm³/mol. The molecule has 1 aliphatic carbocycles. The molecule has 2 heterocycles. The molecule has 0 saturated carbocycles. The average Bonchev–Trinajstić information content (AvgIpc) is 2.61. The van der Waals surface area contributed by atoms with Gasteiger partial charge in [-0.25, -0.2) is 9.97 Å². The Morgan fingerprint density at radius 1 is 1.21 bits per heavy atom. The van der Waals surface area contributed by atoms with E-state index in [-0.39, 0.29) is 0 Å². The monoisotopic (exact) mass is 260 g/mol. The fourth-order valence-electron chi connectivity index (χ4n) is 3.12. The van der Waals surface area contributed by atoms with Crippen LogP contribution in [0.25, 0.3) is 0 Å². The van der Waals surface area contributed by atoms with Crippen molar-refractivity contribution in [1.29, 1.82) is 0 Å². The highest BCUT2D eigenvalue weighted by atomic mass is 15.3. The van der Waals surface area contributed by atoms with Gasteiger partial charge in [-0.3, -0.25) is 0 Å². The number of fused-ring (bicyclic) bond motifs is 1. The Morgan fingerprint density at radius 3 is 2.79 bits per heavy atom. The van der Waals surface area contributed by atoms with Gasteiger partial charge in [0.1, 0.15) is 12.1 Å². The van der Waals surface area contributed by atoms with Crippen LogP contribution in [0.15, 0.2) is 6.33 Å². The molecule has 3 rings (SSSR count). The van der Waals surface area contributed by atoms with E-state index in [0.717, 1.165) is 32.5 Å². The summed E-state index contributed by atoms with van der Waals surface area (Å²) in [6, 6.07) is 0.627. The van der Waals surface area contributed by atoms with Crippen molar-refractivity contribution in [2.24, 2.45) is 0 Å². The zero-order chi connectivity index (χ0) is 13.1. The first-order valence-electron chi connectivity index (χ1n) is 7.70. The molecule has 0 bridgehead atoms. The number of aryl methyl sites for hydroxylation is 1. The average molecular weight is 260 g/mol. The highest BCUT2D eigenvalue weighted by Crippen LogP contribution is 2.28. The predicted octanol–water partition coefficient (Wildman–Crippen LogP) is 1.93. The van der Waals surface area contributed by atoms with Gasteiger partial charge in [-0.1, -0.05) is 13.3 Å². The lowest BCUT2D eigenvalue weighted by molar-refractivity contribution is 0.409. The van der Waals surface area contributed by atoms with Crippen molar-refractivity contribution in [3.8, 4) is 0 Å². The minimum absolute atomic E-state index is 0.627. The fraction of sp³-hybridized carbons (Fsp3) is 0.733. The first-order chi connectivity index (χ1) is 9.40. The summed E-state index contributed by atoms with van der Waals surface area (Å²) in [6.07, 6.45) is 9.14. The Bertz CT molecular complexity index is 428. The van der Waals surface area contributed by atoms with Gasteiger partial charge in [0.15, 0.2) is 0 Å². The number of aromatic nitrogens is 2. The van der Waals surface area contributed by atoms with Crippen molar-refractivity contribution in [1.82, 2.24) is 15.3 Å². The van der Waals surface area contributed by atoms with Crippen molar-refractivity contribution < 1.29 is 0 Å². The minimum Gasteiger partial charge on any atom is -0.351 e. The van der Waals surface area contributed by atoms with Crippen LogP contribution in [-0.4, -0.2) is 35.6 Å². The normalized spacial score (nSPS) is 19.4. The first-order valence-corrected chi connectivity index (χ1v) is 7.70. The molecule has 1 N–H and O–H groups in total. The van der Waals surface area contributed by atoms with Crippen LogP contribution in [0.2, 0.25) is 0 Å². The van der Waals surface area contributed by atoms with E-state index in [2.05, 4.69) is 27.1 Å². The standard InChI is InChI=1S/C15H24N4/c1-2-8-19(12-9-16-10-12)15-13-6-4-3-5-7-14(13)17-11-18-15/h11-12,16H,2-10H2,1H3. The second kappa shape index (κ2) is 5.87. The van der Waals surface area contributed by atoms with Crippen LogP contribution in [0.5, 0.6) is 0 Å². The van der Waals surface area contributed by atoms with E-state index in [4.69, 9.17) is 0 Å². The summed E-state index contributed by atoms with van der Waals surface area (Å²) in [7, 11) is 0. The molecule has 19 heavy (non-hydrogen) atoms. The summed E-state index contributed by atoms with van der Waals surface area (Å²) < 4.78 is 0. The van der Waals surface area contributed by atoms with Crippen LogP contribution in [0.4, 0.5) is 5.82 Å². The quantitative estimate of drug-likeness (QED) is 0.840. The topological polar surface area (TPSA) is 41.1 Å². The molecule has 0 radical (unpaired) electrons. The number of hydrogen-bond acceptors (Lipinski definition) is 4. The molecule has 2 aliphatic rings. The maximum Gasteiger partial charge on any atom is 0.135 e. The first kappa shape index (κ1) is 12.9. The third-order valence-corrected chi connectivity index (χ3v) is 4.29. The number of nitrogens with zero attached hydrogens (tertiary/aromatic N) is 3. The van der Waals surface area contributed by atoms with Crippen LogP contribution in [-0.2, 0) is 12.8 Å². The lowest BCUT2D eigenvalue weighted by atomic mass is 10.1. The molecule has 1 saturated heterocycles.